The number of nitrogens with zero attached hydrogens (tertiary/aromatic N) is 3. The molecule has 1 saturated heterocycles. The van der Waals surface area contributed by atoms with E-state index in [1.165, 1.54) is 23.8 Å². The van der Waals surface area contributed by atoms with E-state index in [0.717, 1.165) is 6.42 Å². The summed E-state index contributed by atoms with van der Waals surface area (Å²) in [6.07, 6.45) is 1.09. The highest BCUT2D eigenvalue weighted by Crippen LogP contribution is 2.31. The Morgan fingerprint density at radius 3 is 2.60 bits per heavy atom. The molecular formula is C23H23FN4O2. The second-order valence-corrected chi connectivity index (χ2v) is 7.53. The molecule has 1 atom stereocenters. The Hall–Kier alpha value is -3.48. The van der Waals surface area contributed by atoms with Gasteiger partial charge in [0.25, 0.3) is 5.56 Å². The first-order valence-electron chi connectivity index (χ1n) is 9.92. The van der Waals surface area contributed by atoms with E-state index in [2.05, 4.69) is 22.1 Å². The molecule has 1 aromatic heterocycles. The van der Waals surface area contributed by atoms with E-state index in [4.69, 9.17) is 0 Å². The minimum atomic E-state index is -0.346. The largest absolute Gasteiger partial charge is 0.345 e. The van der Waals surface area contributed by atoms with E-state index in [1.807, 2.05) is 30.1 Å². The van der Waals surface area contributed by atoms with Gasteiger partial charge in [-0.2, -0.15) is 0 Å². The monoisotopic (exact) mass is 406 g/mol. The number of hydrogen-bond donors (Lipinski definition) is 1. The molecule has 3 aromatic rings. The number of likely N-dealkylation sites (N-methyl/N-ethyl adjacent to an activating group) is 1. The molecule has 1 aliphatic rings. The third-order valence-corrected chi connectivity index (χ3v) is 5.37. The van der Waals surface area contributed by atoms with Gasteiger partial charge in [0.15, 0.2) is 0 Å². The van der Waals surface area contributed by atoms with Crippen LogP contribution in [-0.4, -0.2) is 36.0 Å². The molecule has 1 amide bonds. The molecule has 4 rings (SSSR count). The van der Waals surface area contributed by atoms with Gasteiger partial charge in [0.1, 0.15) is 5.82 Å². The van der Waals surface area contributed by atoms with Gasteiger partial charge in [-0.25, -0.2) is 9.37 Å². The molecular weight excluding hydrogens is 383 g/mol. The van der Waals surface area contributed by atoms with Crippen molar-refractivity contribution in [2.24, 2.45) is 0 Å². The zero-order valence-corrected chi connectivity index (χ0v) is 16.7. The van der Waals surface area contributed by atoms with Crippen LogP contribution in [-0.2, 0) is 11.2 Å². The molecule has 2 heterocycles. The van der Waals surface area contributed by atoms with Crippen molar-refractivity contribution in [3.8, 4) is 0 Å². The minimum Gasteiger partial charge on any atom is -0.345 e. The normalized spacial score (nSPS) is 16.1. The van der Waals surface area contributed by atoms with E-state index in [1.54, 1.807) is 17.0 Å². The highest BCUT2D eigenvalue weighted by Gasteiger charge is 2.33. The molecule has 0 unspecified atom stereocenters. The van der Waals surface area contributed by atoms with Crippen LogP contribution in [0.4, 0.5) is 16.0 Å². The van der Waals surface area contributed by atoms with Gasteiger partial charge in [-0.05, 0) is 36.2 Å². The lowest BCUT2D eigenvalue weighted by Gasteiger charge is -2.20. The molecule has 30 heavy (non-hydrogen) atoms. The van der Waals surface area contributed by atoms with E-state index in [-0.39, 0.29) is 29.6 Å². The molecule has 154 valence electrons. The van der Waals surface area contributed by atoms with Crippen LogP contribution in [0.25, 0.3) is 0 Å². The van der Waals surface area contributed by atoms with E-state index >= 15 is 0 Å². The number of halogens is 1. The lowest BCUT2D eigenvalue weighted by Crippen LogP contribution is -2.27. The van der Waals surface area contributed by atoms with Crippen LogP contribution in [0.1, 0.15) is 23.6 Å². The number of benzene rings is 2. The second-order valence-electron chi connectivity index (χ2n) is 7.53. The fourth-order valence-electron chi connectivity index (χ4n) is 3.68. The van der Waals surface area contributed by atoms with Gasteiger partial charge in [-0.3, -0.25) is 14.6 Å². The lowest BCUT2D eigenvalue weighted by molar-refractivity contribution is -0.117. The van der Waals surface area contributed by atoms with Gasteiger partial charge in [0, 0.05) is 44.2 Å². The average molecular weight is 406 g/mol. The van der Waals surface area contributed by atoms with Crippen LogP contribution >= 0.6 is 0 Å². The Labute approximate surface area is 174 Å². The number of aromatic amines is 1. The average Bonchev–Trinajstić information content (AvgIpc) is 3.14. The summed E-state index contributed by atoms with van der Waals surface area (Å²) in [6, 6.07) is 17.4. The SMILES string of the molecule is CN(CCc1ccccc1)c1nc([C@@H]2CC(=O)N(c3ccc(F)cc3)C2)cc(=O)[nH]1. The smallest absolute Gasteiger partial charge is 0.252 e. The molecule has 0 bridgehead atoms. The van der Waals surface area contributed by atoms with Crippen molar-refractivity contribution < 1.29 is 9.18 Å². The fourth-order valence-corrected chi connectivity index (χ4v) is 3.68. The maximum absolute atomic E-state index is 13.2. The van der Waals surface area contributed by atoms with Gasteiger partial charge < -0.3 is 9.80 Å². The maximum Gasteiger partial charge on any atom is 0.252 e. The van der Waals surface area contributed by atoms with Crippen molar-refractivity contribution in [3.63, 3.8) is 0 Å². The van der Waals surface area contributed by atoms with Gasteiger partial charge in [-0.1, -0.05) is 30.3 Å². The quantitative estimate of drug-likeness (QED) is 0.683. The summed E-state index contributed by atoms with van der Waals surface area (Å²) in [5.41, 5.74) is 2.21. The number of rotatable bonds is 6. The Kier molecular flexibility index (Phi) is 5.61. The summed E-state index contributed by atoms with van der Waals surface area (Å²) in [5.74, 6) is -0.110. The summed E-state index contributed by atoms with van der Waals surface area (Å²) >= 11 is 0. The van der Waals surface area contributed by atoms with Crippen LogP contribution in [0.3, 0.4) is 0 Å². The Bertz CT molecular complexity index is 1080. The summed E-state index contributed by atoms with van der Waals surface area (Å²) < 4.78 is 13.2. The molecule has 1 fully saturated rings. The van der Waals surface area contributed by atoms with Crippen molar-refractivity contribution in [2.45, 2.75) is 18.8 Å². The summed E-state index contributed by atoms with van der Waals surface area (Å²) in [5, 5.41) is 0. The van der Waals surface area contributed by atoms with E-state index < -0.39 is 0 Å². The zero-order valence-electron chi connectivity index (χ0n) is 16.7. The second kappa shape index (κ2) is 8.49. The summed E-state index contributed by atoms with van der Waals surface area (Å²) in [6.45, 7) is 1.11. The third-order valence-electron chi connectivity index (χ3n) is 5.37. The first-order chi connectivity index (χ1) is 14.5. The van der Waals surface area contributed by atoms with Crippen molar-refractivity contribution >= 4 is 17.5 Å². The van der Waals surface area contributed by atoms with Gasteiger partial charge >= 0.3 is 0 Å². The first kappa shape index (κ1) is 19.8. The first-order valence-corrected chi connectivity index (χ1v) is 9.92. The van der Waals surface area contributed by atoms with Crippen LogP contribution in [0, 0.1) is 5.82 Å². The van der Waals surface area contributed by atoms with Crippen molar-refractivity contribution in [1.82, 2.24) is 9.97 Å². The Morgan fingerprint density at radius 1 is 1.13 bits per heavy atom. The van der Waals surface area contributed by atoms with Gasteiger partial charge in [0.05, 0.1) is 5.69 Å². The summed E-state index contributed by atoms with van der Waals surface area (Å²) in [4.78, 5) is 35.7. The van der Waals surface area contributed by atoms with Gasteiger partial charge in [-0.15, -0.1) is 0 Å². The van der Waals surface area contributed by atoms with Crippen molar-refractivity contribution in [1.29, 1.82) is 0 Å². The number of hydrogen-bond acceptors (Lipinski definition) is 4. The van der Waals surface area contributed by atoms with Crippen molar-refractivity contribution in [2.75, 3.05) is 29.9 Å². The predicted molar refractivity (Wildman–Crippen MR) is 114 cm³/mol. The number of carbonyl (C=O) groups excluding carboxylic acids is 1. The molecule has 0 spiro atoms. The third kappa shape index (κ3) is 4.40. The molecule has 0 radical (unpaired) electrons. The maximum atomic E-state index is 13.2. The van der Waals surface area contributed by atoms with Crippen molar-refractivity contribution in [3.05, 3.63) is 88.1 Å². The number of anilines is 2. The van der Waals surface area contributed by atoms with Crippen LogP contribution in [0.2, 0.25) is 0 Å². The zero-order chi connectivity index (χ0) is 21.1. The molecule has 2 aromatic carbocycles. The highest BCUT2D eigenvalue weighted by molar-refractivity contribution is 5.96. The number of H-pyrrole nitrogens is 1. The van der Waals surface area contributed by atoms with E-state index in [9.17, 15) is 14.0 Å². The number of carbonyl (C=O) groups is 1. The standard InChI is InChI=1S/C23H23FN4O2/c1-27(12-11-16-5-3-2-4-6-16)23-25-20(14-21(29)26-23)17-13-22(30)28(15-17)19-9-7-18(24)8-10-19/h2-10,14,17H,11-13,15H2,1H3,(H,25,26,29)/t17-/m1/s1. The fraction of sp³-hybridized carbons (Fsp3) is 0.261. The van der Waals surface area contributed by atoms with Gasteiger partial charge in [0.2, 0.25) is 11.9 Å². The highest BCUT2D eigenvalue weighted by atomic mass is 19.1. The number of amides is 1. The molecule has 6 nitrogen and oxygen atoms in total. The topological polar surface area (TPSA) is 69.3 Å². The van der Waals surface area contributed by atoms with Crippen LogP contribution < -0.4 is 15.4 Å². The Balaban J connectivity index is 1.49. The molecule has 7 heteroatoms. The van der Waals surface area contributed by atoms with E-state index in [0.29, 0.717) is 30.4 Å². The number of nitrogens with one attached hydrogen (secondary N) is 1. The van der Waals surface area contributed by atoms with Crippen LogP contribution in [0.5, 0.6) is 0 Å². The molecule has 1 aliphatic heterocycles. The predicted octanol–water partition coefficient (Wildman–Crippen LogP) is 3.11. The molecule has 0 saturated carbocycles. The minimum absolute atomic E-state index is 0.0623. The van der Waals surface area contributed by atoms with Crippen LogP contribution in [0.15, 0.2) is 65.5 Å². The molecule has 0 aliphatic carbocycles. The Morgan fingerprint density at radius 2 is 1.87 bits per heavy atom. The number of aromatic nitrogens is 2. The summed E-state index contributed by atoms with van der Waals surface area (Å²) in [7, 11) is 1.88. The molecule has 1 N–H and O–H groups in total. The lowest BCUT2D eigenvalue weighted by atomic mass is 10.0.